The van der Waals surface area contributed by atoms with Crippen molar-refractivity contribution >= 4 is 27.4 Å². The lowest BCUT2D eigenvalue weighted by atomic mass is 10.2. The topological polar surface area (TPSA) is 114 Å². The number of amides is 2. The van der Waals surface area contributed by atoms with Crippen LogP contribution in [-0.4, -0.2) is 37.6 Å². The number of aryl methyl sites for hydroxylation is 1. The summed E-state index contributed by atoms with van der Waals surface area (Å²) < 4.78 is 32.0. The molecule has 0 unspecified atom stereocenters. The molecule has 0 spiro atoms. The van der Waals surface area contributed by atoms with Gasteiger partial charge in [-0.05, 0) is 25.1 Å². The zero-order valence-electron chi connectivity index (χ0n) is 14.4. The summed E-state index contributed by atoms with van der Waals surface area (Å²) in [4.78, 5) is 12.1. The van der Waals surface area contributed by atoms with Gasteiger partial charge in [0.15, 0.2) is 0 Å². The van der Waals surface area contributed by atoms with Crippen molar-refractivity contribution in [3.63, 3.8) is 0 Å². The normalized spacial score (nSPS) is 12.3. The van der Waals surface area contributed by atoms with Crippen LogP contribution < -0.4 is 20.1 Å². The first kappa shape index (κ1) is 18.6. The fourth-order valence-corrected chi connectivity index (χ4v) is 2.74. The minimum atomic E-state index is -3.48. The molecule has 0 aliphatic heterocycles. The molecule has 0 aliphatic rings. The Labute approximate surface area is 146 Å². The number of nitrogens with one attached hydrogen (secondary N) is 3. The van der Waals surface area contributed by atoms with Gasteiger partial charge >= 0.3 is 6.03 Å². The van der Waals surface area contributed by atoms with E-state index in [0.717, 1.165) is 11.8 Å². The highest BCUT2D eigenvalue weighted by Gasteiger charge is 2.13. The van der Waals surface area contributed by atoms with Gasteiger partial charge in [-0.1, -0.05) is 0 Å². The van der Waals surface area contributed by atoms with Gasteiger partial charge in [0.25, 0.3) is 0 Å². The van der Waals surface area contributed by atoms with Crippen LogP contribution in [0.3, 0.4) is 0 Å². The molecule has 1 aromatic heterocycles. The predicted molar refractivity (Wildman–Crippen MR) is 95.2 cm³/mol. The van der Waals surface area contributed by atoms with Gasteiger partial charge in [0.1, 0.15) is 5.75 Å². The van der Waals surface area contributed by atoms with Crippen LogP contribution in [0.5, 0.6) is 5.75 Å². The first-order valence-corrected chi connectivity index (χ1v) is 9.29. The van der Waals surface area contributed by atoms with Crippen molar-refractivity contribution < 1.29 is 17.9 Å². The number of hydrogen-bond donors (Lipinski definition) is 3. The lowest BCUT2D eigenvalue weighted by Crippen LogP contribution is -2.31. The summed E-state index contributed by atoms with van der Waals surface area (Å²) in [5, 5.41) is 9.50. The van der Waals surface area contributed by atoms with Gasteiger partial charge in [0, 0.05) is 24.5 Å². The number of aromatic nitrogens is 2. The molecule has 0 saturated heterocycles. The number of carbonyl (C=O) groups is 1. The van der Waals surface area contributed by atoms with Gasteiger partial charge in [-0.2, -0.15) is 5.10 Å². The summed E-state index contributed by atoms with van der Waals surface area (Å²) in [5.41, 5.74) is 1.53. The van der Waals surface area contributed by atoms with Crippen molar-refractivity contribution in [3.8, 4) is 5.75 Å². The zero-order chi connectivity index (χ0) is 18.6. The Bertz CT molecular complexity index is 863. The van der Waals surface area contributed by atoms with Crippen LogP contribution in [0.4, 0.5) is 16.2 Å². The van der Waals surface area contributed by atoms with Crippen molar-refractivity contribution in [2.75, 3.05) is 23.4 Å². The molecule has 3 N–H and O–H groups in total. The molecule has 136 valence electrons. The number of nitrogens with zero attached hydrogens (tertiary/aromatic N) is 2. The second kappa shape index (κ2) is 7.43. The van der Waals surface area contributed by atoms with E-state index in [1.165, 1.54) is 13.2 Å². The molecule has 0 fully saturated rings. The van der Waals surface area contributed by atoms with Gasteiger partial charge in [0.05, 0.1) is 31.3 Å². The first-order valence-electron chi connectivity index (χ1n) is 7.40. The van der Waals surface area contributed by atoms with Gasteiger partial charge < -0.3 is 15.4 Å². The van der Waals surface area contributed by atoms with Crippen LogP contribution in [0.15, 0.2) is 30.6 Å². The SMILES string of the molecule is COc1ccc(NC(=O)N[C@H](C)c2cnn(C)c2)cc1NS(C)(=O)=O. The van der Waals surface area contributed by atoms with Gasteiger partial charge in [-0.3, -0.25) is 9.40 Å². The van der Waals surface area contributed by atoms with E-state index in [2.05, 4.69) is 20.5 Å². The Kier molecular flexibility index (Phi) is 5.52. The van der Waals surface area contributed by atoms with Crippen LogP contribution in [0, 0.1) is 0 Å². The third-order valence-electron chi connectivity index (χ3n) is 3.33. The maximum absolute atomic E-state index is 12.1. The zero-order valence-corrected chi connectivity index (χ0v) is 15.2. The molecule has 9 nitrogen and oxygen atoms in total. The van der Waals surface area contributed by atoms with Crippen molar-refractivity contribution in [2.45, 2.75) is 13.0 Å². The molecule has 0 bridgehead atoms. The van der Waals surface area contributed by atoms with E-state index in [1.54, 1.807) is 30.1 Å². The average Bonchev–Trinajstić information content (AvgIpc) is 2.92. The number of urea groups is 1. The molecule has 2 aromatic rings. The van der Waals surface area contributed by atoms with Gasteiger partial charge in [0.2, 0.25) is 10.0 Å². The highest BCUT2D eigenvalue weighted by atomic mass is 32.2. The Balaban J connectivity index is 2.08. The number of benzene rings is 1. The van der Waals surface area contributed by atoms with Crippen LogP contribution in [0.25, 0.3) is 0 Å². The number of hydrogen-bond acceptors (Lipinski definition) is 5. The van der Waals surface area contributed by atoms with Crippen molar-refractivity contribution in [1.29, 1.82) is 0 Å². The number of sulfonamides is 1. The van der Waals surface area contributed by atoms with E-state index in [4.69, 9.17) is 4.74 Å². The lowest BCUT2D eigenvalue weighted by Gasteiger charge is -2.15. The Morgan fingerprint density at radius 3 is 2.64 bits per heavy atom. The number of methoxy groups -OCH3 is 1. The van der Waals surface area contributed by atoms with E-state index in [0.29, 0.717) is 11.4 Å². The molecular weight excluding hydrogens is 346 g/mol. The first-order chi connectivity index (χ1) is 11.7. The molecule has 0 saturated carbocycles. The number of rotatable bonds is 6. The fourth-order valence-electron chi connectivity index (χ4n) is 2.18. The van der Waals surface area contributed by atoms with Crippen LogP contribution in [0.2, 0.25) is 0 Å². The molecule has 0 aliphatic carbocycles. The number of anilines is 2. The van der Waals surface area contributed by atoms with Gasteiger partial charge in [-0.25, -0.2) is 13.2 Å². The minimum absolute atomic E-state index is 0.236. The largest absolute Gasteiger partial charge is 0.495 e. The molecule has 2 rings (SSSR count). The van der Waals surface area contributed by atoms with Crippen LogP contribution in [-0.2, 0) is 17.1 Å². The fraction of sp³-hybridized carbons (Fsp3) is 0.333. The molecule has 1 atom stereocenters. The number of ether oxygens (including phenoxy) is 1. The second-order valence-corrected chi connectivity index (χ2v) is 7.31. The minimum Gasteiger partial charge on any atom is -0.495 e. The molecule has 1 aromatic carbocycles. The maximum atomic E-state index is 12.1. The van der Waals surface area contributed by atoms with Gasteiger partial charge in [-0.15, -0.1) is 0 Å². The van der Waals surface area contributed by atoms with Crippen LogP contribution in [0.1, 0.15) is 18.5 Å². The standard InChI is InChI=1S/C15H21N5O4S/c1-10(11-8-16-20(2)9-11)17-15(21)18-12-5-6-14(24-3)13(7-12)19-25(4,22)23/h5-10,19H,1-4H3,(H2,17,18,21)/t10-/m1/s1. The third-order valence-corrected chi connectivity index (χ3v) is 3.92. The maximum Gasteiger partial charge on any atom is 0.319 e. The lowest BCUT2D eigenvalue weighted by molar-refractivity contribution is 0.249. The van der Waals surface area contributed by atoms with Crippen molar-refractivity contribution in [3.05, 3.63) is 36.2 Å². The average molecular weight is 367 g/mol. The highest BCUT2D eigenvalue weighted by molar-refractivity contribution is 7.92. The molecular formula is C15H21N5O4S. The summed E-state index contributed by atoms with van der Waals surface area (Å²) in [7, 11) is -0.251. The Morgan fingerprint density at radius 2 is 2.08 bits per heavy atom. The quantitative estimate of drug-likeness (QED) is 0.719. The third kappa shape index (κ3) is 5.38. The molecule has 1 heterocycles. The second-order valence-electron chi connectivity index (χ2n) is 5.56. The summed E-state index contributed by atoms with van der Waals surface area (Å²) in [6, 6.07) is 4.00. The van der Waals surface area contributed by atoms with E-state index in [-0.39, 0.29) is 11.7 Å². The summed E-state index contributed by atoms with van der Waals surface area (Å²) in [5.74, 6) is 0.347. The van der Waals surface area contributed by atoms with E-state index in [9.17, 15) is 13.2 Å². The smallest absolute Gasteiger partial charge is 0.319 e. The van der Waals surface area contributed by atoms with E-state index < -0.39 is 16.1 Å². The predicted octanol–water partition coefficient (Wildman–Crippen LogP) is 1.68. The molecule has 10 heteroatoms. The van der Waals surface area contributed by atoms with Crippen molar-refractivity contribution in [1.82, 2.24) is 15.1 Å². The monoisotopic (exact) mass is 367 g/mol. The summed E-state index contributed by atoms with van der Waals surface area (Å²) in [6.45, 7) is 1.83. The van der Waals surface area contributed by atoms with Crippen LogP contribution >= 0.6 is 0 Å². The molecule has 25 heavy (non-hydrogen) atoms. The highest BCUT2D eigenvalue weighted by Crippen LogP contribution is 2.28. The molecule has 0 radical (unpaired) electrons. The van der Waals surface area contributed by atoms with E-state index >= 15 is 0 Å². The van der Waals surface area contributed by atoms with E-state index in [1.807, 2.05) is 13.1 Å². The Hall–Kier alpha value is -2.75. The summed E-state index contributed by atoms with van der Waals surface area (Å²) in [6.07, 6.45) is 4.52. The van der Waals surface area contributed by atoms with Crippen molar-refractivity contribution in [2.24, 2.45) is 7.05 Å². The molecule has 2 amide bonds. The summed E-state index contributed by atoms with van der Waals surface area (Å²) >= 11 is 0. The number of carbonyl (C=O) groups excluding carboxylic acids is 1. The Morgan fingerprint density at radius 1 is 1.36 bits per heavy atom.